The van der Waals surface area contributed by atoms with Gasteiger partial charge in [-0.1, -0.05) is 12.1 Å². The highest BCUT2D eigenvalue weighted by atomic mass is 19.1. The molecule has 2 aromatic rings. The summed E-state index contributed by atoms with van der Waals surface area (Å²) in [6, 6.07) is 10.5. The second-order valence-electron chi connectivity index (χ2n) is 6.75. The van der Waals surface area contributed by atoms with Gasteiger partial charge < -0.3 is 9.80 Å². The molecule has 1 aliphatic heterocycles. The minimum Gasteiger partial charge on any atom is -0.353 e. The van der Waals surface area contributed by atoms with Crippen LogP contribution in [-0.4, -0.2) is 47.2 Å². The van der Waals surface area contributed by atoms with Crippen LogP contribution in [-0.2, 0) is 4.79 Å². The molecule has 1 saturated heterocycles. The van der Waals surface area contributed by atoms with Gasteiger partial charge in [0.1, 0.15) is 5.82 Å². The van der Waals surface area contributed by atoms with Gasteiger partial charge in [0, 0.05) is 38.3 Å². The van der Waals surface area contributed by atoms with E-state index in [1.165, 1.54) is 6.07 Å². The molecule has 1 saturated carbocycles. The van der Waals surface area contributed by atoms with Crippen LogP contribution in [0.4, 0.5) is 10.2 Å². The molecule has 2 aliphatic rings. The monoisotopic (exact) mass is 340 g/mol. The molecule has 1 aromatic carbocycles. The minimum absolute atomic E-state index is 0.00451. The van der Waals surface area contributed by atoms with E-state index >= 15 is 0 Å². The molecule has 2 heterocycles. The van der Waals surface area contributed by atoms with Gasteiger partial charge in [-0.15, -0.1) is 5.10 Å². The number of carbonyl (C=O) groups is 1. The van der Waals surface area contributed by atoms with E-state index < -0.39 is 0 Å². The molecule has 5 nitrogen and oxygen atoms in total. The van der Waals surface area contributed by atoms with E-state index in [-0.39, 0.29) is 23.6 Å². The standard InChI is InChI=1S/C19H21FN4O/c20-15-5-1-4-14(12-15)16-13-17(16)19(25)24-9-3-8-23(10-11-24)18-6-2-7-21-22-18/h1-2,4-7,12,16-17H,3,8-11,13H2/t16-,17-/m0/s1. The van der Waals surface area contributed by atoms with E-state index in [1.54, 1.807) is 18.3 Å². The smallest absolute Gasteiger partial charge is 0.226 e. The van der Waals surface area contributed by atoms with Crippen molar-refractivity contribution < 1.29 is 9.18 Å². The molecule has 0 radical (unpaired) electrons. The Kier molecular flexibility index (Phi) is 4.34. The number of rotatable bonds is 3. The van der Waals surface area contributed by atoms with Crippen molar-refractivity contribution in [3.05, 3.63) is 54.0 Å². The van der Waals surface area contributed by atoms with Gasteiger partial charge >= 0.3 is 0 Å². The number of hydrogen-bond donors (Lipinski definition) is 0. The topological polar surface area (TPSA) is 49.3 Å². The van der Waals surface area contributed by atoms with Crippen molar-refractivity contribution in [2.75, 3.05) is 31.1 Å². The van der Waals surface area contributed by atoms with Gasteiger partial charge in [0.15, 0.2) is 5.82 Å². The van der Waals surface area contributed by atoms with Crippen LogP contribution in [0.3, 0.4) is 0 Å². The Bertz CT molecular complexity index is 754. The number of anilines is 1. The van der Waals surface area contributed by atoms with Crippen molar-refractivity contribution in [3.8, 4) is 0 Å². The van der Waals surface area contributed by atoms with Gasteiger partial charge in [0.25, 0.3) is 0 Å². The van der Waals surface area contributed by atoms with Gasteiger partial charge in [-0.2, -0.15) is 5.10 Å². The third kappa shape index (κ3) is 3.48. The van der Waals surface area contributed by atoms with Crippen LogP contribution in [0, 0.1) is 11.7 Å². The molecule has 1 amide bonds. The number of halogens is 1. The first-order valence-electron chi connectivity index (χ1n) is 8.79. The fraction of sp³-hybridized carbons (Fsp3) is 0.421. The van der Waals surface area contributed by atoms with Crippen LogP contribution < -0.4 is 4.90 Å². The number of hydrogen-bond acceptors (Lipinski definition) is 4. The van der Waals surface area contributed by atoms with Crippen LogP contribution in [0.5, 0.6) is 0 Å². The molecular weight excluding hydrogens is 319 g/mol. The molecular formula is C19H21FN4O. The zero-order chi connectivity index (χ0) is 17.2. The first kappa shape index (κ1) is 16.0. The lowest BCUT2D eigenvalue weighted by atomic mass is 10.1. The summed E-state index contributed by atoms with van der Waals surface area (Å²) in [7, 11) is 0. The summed E-state index contributed by atoms with van der Waals surface area (Å²) in [6.07, 6.45) is 3.41. The number of amides is 1. The summed E-state index contributed by atoms with van der Waals surface area (Å²) in [5.74, 6) is 1.01. The summed E-state index contributed by atoms with van der Waals surface area (Å²) in [5, 5.41) is 8.09. The SMILES string of the molecule is O=C([C@H]1C[C@H]1c1cccc(F)c1)N1CCCN(c2cccnn2)CC1. The van der Waals surface area contributed by atoms with Crippen molar-refractivity contribution in [2.45, 2.75) is 18.8 Å². The highest BCUT2D eigenvalue weighted by molar-refractivity contribution is 5.83. The van der Waals surface area contributed by atoms with Crippen molar-refractivity contribution >= 4 is 11.7 Å². The van der Waals surface area contributed by atoms with Crippen molar-refractivity contribution in [1.29, 1.82) is 0 Å². The molecule has 0 bridgehead atoms. The van der Waals surface area contributed by atoms with Gasteiger partial charge in [0.05, 0.1) is 0 Å². The Labute approximate surface area is 146 Å². The zero-order valence-electron chi connectivity index (χ0n) is 14.0. The molecule has 4 rings (SSSR count). The van der Waals surface area contributed by atoms with Crippen LogP contribution in [0.15, 0.2) is 42.6 Å². The van der Waals surface area contributed by atoms with Crippen molar-refractivity contribution in [3.63, 3.8) is 0 Å². The van der Waals surface area contributed by atoms with Crippen LogP contribution in [0.25, 0.3) is 0 Å². The van der Waals surface area contributed by atoms with Crippen LogP contribution >= 0.6 is 0 Å². The predicted molar refractivity (Wildman–Crippen MR) is 92.7 cm³/mol. The summed E-state index contributed by atoms with van der Waals surface area (Å²) < 4.78 is 13.4. The van der Waals surface area contributed by atoms with E-state index in [2.05, 4.69) is 15.1 Å². The van der Waals surface area contributed by atoms with Crippen LogP contribution in [0.2, 0.25) is 0 Å². The lowest BCUT2D eigenvalue weighted by Gasteiger charge is -2.22. The Hall–Kier alpha value is -2.50. The summed E-state index contributed by atoms with van der Waals surface area (Å²) in [4.78, 5) is 16.9. The summed E-state index contributed by atoms with van der Waals surface area (Å²) in [5.41, 5.74) is 0.939. The fourth-order valence-corrected chi connectivity index (χ4v) is 3.64. The van der Waals surface area contributed by atoms with Crippen molar-refractivity contribution in [2.24, 2.45) is 5.92 Å². The van der Waals surface area contributed by atoms with E-state index in [0.29, 0.717) is 6.54 Å². The Morgan fingerprint density at radius 3 is 2.84 bits per heavy atom. The lowest BCUT2D eigenvalue weighted by Crippen LogP contribution is -2.36. The molecule has 0 spiro atoms. The molecule has 0 unspecified atom stereocenters. The lowest BCUT2D eigenvalue weighted by molar-refractivity contribution is -0.132. The third-order valence-electron chi connectivity index (χ3n) is 5.07. The molecule has 0 N–H and O–H groups in total. The average Bonchev–Trinajstić information content (AvgIpc) is 3.45. The maximum Gasteiger partial charge on any atom is 0.226 e. The Morgan fingerprint density at radius 1 is 1.12 bits per heavy atom. The van der Waals surface area contributed by atoms with Gasteiger partial charge in [-0.25, -0.2) is 4.39 Å². The zero-order valence-corrected chi connectivity index (χ0v) is 14.0. The first-order chi connectivity index (χ1) is 12.2. The van der Waals surface area contributed by atoms with Crippen molar-refractivity contribution in [1.82, 2.24) is 15.1 Å². The predicted octanol–water partition coefficient (Wildman–Crippen LogP) is 2.46. The largest absolute Gasteiger partial charge is 0.353 e. The Morgan fingerprint density at radius 2 is 2.04 bits per heavy atom. The second kappa shape index (κ2) is 6.78. The highest BCUT2D eigenvalue weighted by Gasteiger charge is 2.45. The molecule has 25 heavy (non-hydrogen) atoms. The van der Waals surface area contributed by atoms with Crippen LogP contribution in [0.1, 0.15) is 24.3 Å². The molecule has 2 fully saturated rings. The summed E-state index contributed by atoms with van der Waals surface area (Å²) >= 11 is 0. The average molecular weight is 340 g/mol. The van der Waals surface area contributed by atoms with E-state index in [0.717, 1.165) is 43.9 Å². The number of benzene rings is 1. The van der Waals surface area contributed by atoms with E-state index in [4.69, 9.17) is 0 Å². The normalized spacial score (nSPS) is 23.2. The van der Waals surface area contributed by atoms with Gasteiger partial charge in [-0.05, 0) is 48.6 Å². The maximum atomic E-state index is 13.4. The van der Waals surface area contributed by atoms with E-state index in [1.807, 2.05) is 23.1 Å². The molecule has 1 aromatic heterocycles. The second-order valence-corrected chi connectivity index (χ2v) is 6.75. The third-order valence-corrected chi connectivity index (χ3v) is 5.07. The molecule has 2 atom stereocenters. The highest BCUT2D eigenvalue weighted by Crippen LogP contribution is 2.48. The molecule has 130 valence electrons. The number of carbonyl (C=O) groups excluding carboxylic acids is 1. The van der Waals surface area contributed by atoms with Gasteiger partial charge in [-0.3, -0.25) is 4.79 Å². The fourth-order valence-electron chi connectivity index (χ4n) is 3.64. The number of nitrogens with zero attached hydrogens (tertiary/aromatic N) is 4. The summed E-state index contributed by atoms with van der Waals surface area (Å²) in [6.45, 7) is 3.10. The number of aromatic nitrogens is 2. The van der Waals surface area contributed by atoms with Gasteiger partial charge in [0.2, 0.25) is 5.91 Å². The maximum absolute atomic E-state index is 13.4. The first-order valence-corrected chi connectivity index (χ1v) is 8.79. The quantitative estimate of drug-likeness (QED) is 0.861. The molecule has 6 heteroatoms. The molecule has 1 aliphatic carbocycles. The minimum atomic E-state index is -0.231. The Balaban J connectivity index is 1.37. The van der Waals surface area contributed by atoms with E-state index in [9.17, 15) is 9.18 Å².